The summed E-state index contributed by atoms with van der Waals surface area (Å²) in [5.41, 5.74) is 5.65. The molecular formula is C13H29NO. The van der Waals surface area contributed by atoms with Gasteiger partial charge in [-0.15, -0.1) is 0 Å². The first-order chi connectivity index (χ1) is 7.31. The van der Waals surface area contributed by atoms with Gasteiger partial charge in [-0.2, -0.15) is 0 Å². The molecule has 0 amide bonds. The van der Waals surface area contributed by atoms with E-state index in [1.165, 1.54) is 51.4 Å². The molecule has 0 aliphatic heterocycles. The molecule has 1 unspecified atom stereocenters. The lowest BCUT2D eigenvalue weighted by molar-refractivity contribution is 0.0526. The fourth-order valence-electron chi connectivity index (χ4n) is 1.59. The molecule has 0 aromatic rings. The molecule has 0 bridgehead atoms. The fraction of sp³-hybridized carbons (Fsp3) is 1.00. The van der Waals surface area contributed by atoms with E-state index in [4.69, 9.17) is 10.5 Å². The number of rotatable bonds is 11. The van der Waals surface area contributed by atoms with Gasteiger partial charge in [0.15, 0.2) is 0 Å². The molecule has 0 aromatic carbocycles. The predicted molar refractivity (Wildman–Crippen MR) is 66.8 cm³/mol. The molecule has 0 saturated heterocycles. The van der Waals surface area contributed by atoms with Crippen LogP contribution in [0.15, 0.2) is 0 Å². The van der Waals surface area contributed by atoms with Gasteiger partial charge in [0.1, 0.15) is 6.23 Å². The number of unbranched alkanes of at least 4 members (excludes halogenated alkanes) is 7. The van der Waals surface area contributed by atoms with Crippen molar-refractivity contribution in [2.45, 2.75) is 77.9 Å². The molecule has 0 fully saturated rings. The molecule has 2 N–H and O–H groups in total. The Morgan fingerprint density at radius 1 is 0.867 bits per heavy atom. The average Bonchev–Trinajstić information content (AvgIpc) is 2.26. The van der Waals surface area contributed by atoms with Crippen LogP contribution in [0.1, 0.15) is 71.6 Å². The van der Waals surface area contributed by atoms with Crippen molar-refractivity contribution in [3.63, 3.8) is 0 Å². The normalized spacial score (nSPS) is 13.0. The molecular weight excluding hydrogens is 186 g/mol. The molecule has 2 heteroatoms. The average molecular weight is 215 g/mol. The van der Waals surface area contributed by atoms with Crippen molar-refractivity contribution in [3.05, 3.63) is 0 Å². The maximum absolute atomic E-state index is 5.65. The van der Waals surface area contributed by atoms with Gasteiger partial charge in [0.05, 0.1) is 0 Å². The third-order valence-electron chi connectivity index (χ3n) is 2.73. The first-order valence-electron chi connectivity index (χ1n) is 6.68. The van der Waals surface area contributed by atoms with Crippen LogP contribution in [-0.4, -0.2) is 12.8 Å². The molecule has 0 aromatic heterocycles. The molecule has 0 rings (SSSR count). The zero-order valence-corrected chi connectivity index (χ0v) is 10.6. The van der Waals surface area contributed by atoms with E-state index >= 15 is 0 Å². The Kier molecular flexibility index (Phi) is 11.9. The van der Waals surface area contributed by atoms with Gasteiger partial charge in [-0.25, -0.2) is 0 Å². The zero-order chi connectivity index (χ0) is 11.4. The van der Waals surface area contributed by atoms with E-state index in [0.29, 0.717) is 0 Å². The molecule has 15 heavy (non-hydrogen) atoms. The quantitative estimate of drug-likeness (QED) is 0.420. The summed E-state index contributed by atoms with van der Waals surface area (Å²) < 4.78 is 5.41. The zero-order valence-electron chi connectivity index (χ0n) is 10.6. The van der Waals surface area contributed by atoms with E-state index in [9.17, 15) is 0 Å². The Balaban J connectivity index is 2.92. The van der Waals surface area contributed by atoms with E-state index < -0.39 is 0 Å². The SMILES string of the molecule is CCCCCCCCCCOC(N)CC. The van der Waals surface area contributed by atoms with Gasteiger partial charge in [-0.05, 0) is 12.8 Å². The van der Waals surface area contributed by atoms with Crippen LogP contribution < -0.4 is 5.73 Å². The molecule has 0 heterocycles. The number of ether oxygens (including phenoxy) is 1. The van der Waals surface area contributed by atoms with Crippen LogP contribution in [0.5, 0.6) is 0 Å². The first-order valence-corrected chi connectivity index (χ1v) is 6.68. The van der Waals surface area contributed by atoms with Crippen LogP contribution in [0, 0.1) is 0 Å². The molecule has 0 aliphatic rings. The van der Waals surface area contributed by atoms with E-state index in [1.807, 2.05) is 0 Å². The monoisotopic (exact) mass is 215 g/mol. The van der Waals surface area contributed by atoms with Crippen molar-refractivity contribution in [1.82, 2.24) is 0 Å². The minimum Gasteiger partial charge on any atom is -0.364 e. The van der Waals surface area contributed by atoms with Crippen molar-refractivity contribution in [3.8, 4) is 0 Å². The largest absolute Gasteiger partial charge is 0.364 e. The Hall–Kier alpha value is -0.0800. The van der Waals surface area contributed by atoms with Crippen molar-refractivity contribution >= 4 is 0 Å². The minimum atomic E-state index is -0.0467. The van der Waals surface area contributed by atoms with Gasteiger partial charge < -0.3 is 10.5 Å². The predicted octanol–water partition coefficient (Wildman–Crippen LogP) is 3.84. The van der Waals surface area contributed by atoms with Crippen LogP contribution >= 0.6 is 0 Å². The van der Waals surface area contributed by atoms with Gasteiger partial charge in [-0.1, -0.05) is 58.8 Å². The Morgan fingerprint density at radius 3 is 1.93 bits per heavy atom. The maximum Gasteiger partial charge on any atom is 0.105 e. The standard InChI is InChI=1S/C13H29NO/c1-3-5-6-7-8-9-10-11-12-15-13(14)4-2/h13H,3-12,14H2,1-2H3. The summed E-state index contributed by atoms with van der Waals surface area (Å²) in [5.74, 6) is 0. The summed E-state index contributed by atoms with van der Waals surface area (Å²) in [6.07, 6.45) is 11.6. The topological polar surface area (TPSA) is 35.2 Å². The Bertz CT molecular complexity index is 117. The molecule has 1 atom stereocenters. The summed E-state index contributed by atoms with van der Waals surface area (Å²) in [6, 6.07) is 0. The Labute approximate surface area is 95.6 Å². The number of hydrogen-bond acceptors (Lipinski definition) is 2. The van der Waals surface area contributed by atoms with Gasteiger partial charge in [0, 0.05) is 6.61 Å². The molecule has 92 valence electrons. The summed E-state index contributed by atoms with van der Waals surface area (Å²) in [7, 11) is 0. The lowest BCUT2D eigenvalue weighted by Crippen LogP contribution is -2.22. The summed E-state index contributed by atoms with van der Waals surface area (Å²) >= 11 is 0. The Morgan fingerprint density at radius 2 is 1.40 bits per heavy atom. The summed E-state index contributed by atoms with van der Waals surface area (Å²) in [4.78, 5) is 0. The van der Waals surface area contributed by atoms with Crippen LogP contribution in [-0.2, 0) is 4.74 Å². The van der Waals surface area contributed by atoms with Gasteiger partial charge in [-0.3, -0.25) is 0 Å². The molecule has 0 radical (unpaired) electrons. The van der Waals surface area contributed by atoms with Gasteiger partial charge in [0.2, 0.25) is 0 Å². The van der Waals surface area contributed by atoms with E-state index in [0.717, 1.165) is 13.0 Å². The second kappa shape index (κ2) is 12.0. The van der Waals surface area contributed by atoms with E-state index in [1.54, 1.807) is 0 Å². The highest BCUT2D eigenvalue weighted by atomic mass is 16.5. The fourth-order valence-corrected chi connectivity index (χ4v) is 1.59. The van der Waals surface area contributed by atoms with Crippen molar-refractivity contribution < 1.29 is 4.74 Å². The van der Waals surface area contributed by atoms with Crippen LogP contribution in [0.3, 0.4) is 0 Å². The highest BCUT2D eigenvalue weighted by molar-refractivity contribution is 4.47. The molecule has 0 aliphatic carbocycles. The van der Waals surface area contributed by atoms with Gasteiger partial charge in [0.25, 0.3) is 0 Å². The first kappa shape index (κ1) is 14.9. The lowest BCUT2D eigenvalue weighted by Gasteiger charge is -2.09. The lowest BCUT2D eigenvalue weighted by atomic mass is 10.1. The van der Waals surface area contributed by atoms with Crippen LogP contribution in [0.4, 0.5) is 0 Å². The van der Waals surface area contributed by atoms with Crippen molar-refractivity contribution in [2.24, 2.45) is 5.73 Å². The summed E-state index contributed by atoms with van der Waals surface area (Å²) in [6.45, 7) is 5.15. The van der Waals surface area contributed by atoms with Crippen LogP contribution in [0.25, 0.3) is 0 Å². The van der Waals surface area contributed by atoms with E-state index in [-0.39, 0.29) is 6.23 Å². The smallest absolute Gasteiger partial charge is 0.105 e. The molecule has 0 saturated carbocycles. The highest BCUT2D eigenvalue weighted by Crippen LogP contribution is 2.08. The number of hydrogen-bond donors (Lipinski definition) is 1. The van der Waals surface area contributed by atoms with Crippen molar-refractivity contribution in [1.29, 1.82) is 0 Å². The van der Waals surface area contributed by atoms with Gasteiger partial charge >= 0.3 is 0 Å². The minimum absolute atomic E-state index is 0.0467. The van der Waals surface area contributed by atoms with Crippen molar-refractivity contribution in [2.75, 3.05) is 6.61 Å². The second-order valence-corrected chi connectivity index (χ2v) is 4.29. The third-order valence-corrected chi connectivity index (χ3v) is 2.73. The summed E-state index contributed by atoms with van der Waals surface area (Å²) in [5, 5.41) is 0. The van der Waals surface area contributed by atoms with E-state index in [2.05, 4.69) is 13.8 Å². The molecule has 0 spiro atoms. The second-order valence-electron chi connectivity index (χ2n) is 4.29. The molecule has 2 nitrogen and oxygen atoms in total. The number of nitrogens with two attached hydrogens (primary N) is 1. The third kappa shape index (κ3) is 11.8. The maximum atomic E-state index is 5.65. The highest BCUT2D eigenvalue weighted by Gasteiger charge is 1.97. The van der Waals surface area contributed by atoms with Crippen LogP contribution in [0.2, 0.25) is 0 Å².